The molecule has 0 saturated heterocycles. The maximum absolute atomic E-state index is 5.99. The normalized spacial score (nSPS) is 16.3. The van der Waals surface area contributed by atoms with E-state index >= 15 is 0 Å². The third-order valence-corrected chi connectivity index (χ3v) is 10.5. The first-order valence-electron chi connectivity index (χ1n) is 16.7. The fourth-order valence-electron chi connectivity index (χ4n) is 8.36. The number of anilines is 1. The molecule has 1 aliphatic carbocycles. The number of rotatable bonds is 9. The first-order valence-corrected chi connectivity index (χ1v) is 16.7. The van der Waals surface area contributed by atoms with E-state index < -0.39 is 0 Å². The van der Waals surface area contributed by atoms with Crippen molar-refractivity contribution in [3.8, 4) is 17.2 Å². The van der Waals surface area contributed by atoms with Crippen LogP contribution in [0.15, 0.2) is 97.1 Å². The van der Waals surface area contributed by atoms with E-state index in [2.05, 4.69) is 118 Å². The van der Waals surface area contributed by atoms with Gasteiger partial charge in [-0.3, -0.25) is 0 Å². The lowest BCUT2D eigenvalue weighted by atomic mass is 9.81. The average molecular weight is 705 g/mol. The van der Waals surface area contributed by atoms with Crippen molar-refractivity contribution in [3.63, 3.8) is 0 Å². The first kappa shape index (κ1) is 32.1. The Balaban J connectivity index is 0.00000364. The summed E-state index contributed by atoms with van der Waals surface area (Å²) in [6.07, 6.45) is 2.06. The van der Waals surface area contributed by atoms with Gasteiger partial charge in [0.05, 0.1) is 33.6 Å². The molecule has 2 atom stereocenters. The average Bonchev–Trinajstić information content (AvgIpc) is 3.60. The Morgan fingerprint density at radius 2 is 1.48 bits per heavy atom. The molecule has 48 heavy (non-hydrogen) atoms. The lowest BCUT2D eigenvalue weighted by molar-refractivity contribution is -0.669. The predicted molar refractivity (Wildman–Crippen MR) is 188 cm³/mol. The summed E-state index contributed by atoms with van der Waals surface area (Å²) in [7, 11) is 5.23. The van der Waals surface area contributed by atoms with Crippen molar-refractivity contribution in [1.82, 2.24) is 4.57 Å². The zero-order valence-electron chi connectivity index (χ0n) is 28.1. The van der Waals surface area contributed by atoms with Crippen LogP contribution < -0.4 is 40.7 Å². The Morgan fingerprint density at radius 1 is 0.729 bits per heavy atom. The highest BCUT2D eigenvalue weighted by Gasteiger charge is 2.42. The zero-order valence-corrected chi connectivity index (χ0v) is 29.7. The van der Waals surface area contributed by atoms with Crippen LogP contribution in [0.2, 0.25) is 0 Å². The van der Waals surface area contributed by atoms with E-state index in [1.165, 1.54) is 55.6 Å². The largest absolute Gasteiger partial charge is 1.00 e. The van der Waals surface area contributed by atoms with Gasteiger partial charge in [0.25, 0.3) is 5.82 Å². The van der Waals surface area contributed by atoms with Gasteiger partial charge in [-0.25, -0.2) is 9.13 Å². The van der Waals surface area contributed by atoms with Gasteiger partial charge in [0.2, 0.25) is 0 Å². The van der Waals surface area contributed by atoms with Crippen molar-refractivity contribution in [2.45, 2.75) is 38.8 Å². The van der Waals surface area contributed by atoms with Crippen LogP contribution in [0.4, 0.5) is 5.69 Å². The molecule has 6 nitrogen and oxygen atoms in total. The number of imidazole rings is 1. The molecule has 0 unspecified atom stereocenters. The molecule has 1 aliphatic heterocycles. The minimum atomic E-state index is 0. The Labute approximate surface area is 293 Å². The van der Waals surface area contributed by atoms with Crippen molar-refractivity contribution in [2.75, 3.05) is 39.3 Å². The lowest BCUT2D eigenvalue weighted by Gasteiger charge is -2.39. The molecule has 5 aromatic carbocycles. The number of nitrogens with zero attached hydrogens (tertiary/aromatic N) is 3. The SMILES string of the molecule is COc1cc2c(cc1OC)[C@@H]1c3cccc(OC)c3N(CCCn3c(C)[n+](Cc4ccc5ccccc5c4)c4ccccc43)C[C@@H]1C2.[Br-]. The molecule has 7 heteroatoms. The molecule has 0 spiro atoms. The molecule has 2 heterocycles. The van der Waals surface area contributed by atoms with E-state index in [1.807, 2.05) is 0 Å². The van der Waals surface area contributed by atoms with Crippen LogP contribution in [0.5, 0.6) is 17.2 Å². The monoisotopic (exact) mass is 703 g/mol. The summed E-state index contributed by atoms with van der Waals surface area (Å²) in [6, 6.07) is 35.2. The number of benzene rings is 5. The minimum absolute atomic E-state index is 0. The van der Waals surface area contributed by atoms with E-state index in [1.54, 1.807) is 21.3 Å². The summed E-state index contributed by atoms with van der Waals surface area (Å²) >= 11 is 0. The zero-order chi connectivity index (χ0) is 32.1. The summed E-state index contributed by atoms with van der Waals surface area (Å²) < 4.78 is 22.4. The number of fused-ring (bicyclic) bond motifs is 7. The maximum atomic E-state index is 5.99. The van der Waals surface area contributed by atoms with Crippen LogP contribution in [0.25, 0.3) is 21.8 Å². The van der Waals surface area contributed by atoms with Crippen LogP contribution in [-0.4, -0.2) is 39.0 Å². The summed E-state index contributed by atoms with van der Waals surface area (Å²) in [5.74, 6) is 4.64. The van der Waals surface area contributed by atoms with Crippen LogP contribution in [0.1, 0.15) is 40.4 Å². The van der Waals surface area contributed by atoms with Crippen LogP contribution in [-0.2, 0) is 19.5 Å². The number of hydrogen-bond donors (Lipinski definition) is 0. The van der Waals surface area contributed by atoms with Crippen LogP contribution in [0.3, 0.4) is 0 Å². The Hall–Kier alpha value is -4.49. The highest BCUT2D eigenvalue weighted by atomic mass is 79.9. The third kappa shape index (κ3) is 5.38. The highest BCUT2D eigenvalue weighted by molar-refractivity contribution is 5.83. The van der Waals surface area contributed by atoms with Gasteiger partial charge in [-0.15, -0.1) is 0 Å². The number of ether oxygens (including phenoxy) is 3. The molecule has 0 N–H and O–H groups in total. The van der Waals surface area contributed by atoms with Gasteiger partial charge in [0.15, 0.2) is 22.5 Å². The van der Waals surface area contributed by atoms with Gasteiger partial charge < -0.3 is 36.1 Å². The summed E-state index contributed by atoms with van der Waals surface area (Å²) in [4.78, 5) is 2.58. The molecule has 2 aliphatic rings. The lowest BCUT2D eigenvalue weighted by Crippen LogP contribution is -3.00. The summed E-state index contributed by atoms with van der Waals surface area (Å²) in [5, 5.41) is 2.57. The number of para-hydroxylation sites is 3. The number of aromatic nitrogens is 2. The van der Waals surface area contributed by atoms with E-state index in [-0.39, 0.29) is 17.0 Å². The van der Waals surface area contributed by atoms with E-state index in [4.69, 9.17) is 14.2 Å². The molecule has 0 saturated carbocycles. The number of hydrogen-bond acceptors (Lipinski definition) is 4. The van der Waals surface area contributed by atoms with Gasteiger partial charge >= 0.3 is 0 Å². The van der Waals surface area contributed by atoms with Crippen molar-refractivity contribution in [1.29, 1.82) is 0 Å². The fraction of sp³-hybridized carbons (Fsp3) is 0.293. The topological polar surface area (TPSA) is 39.7 Å². The first-order chi connectivity index (χ1) is 23.1. The Morgan fingerprint density at radius 3 is 2.29 bits per heavy atom. The molecule has 0 amide bonds. The van der Waals surface area contributed by atoms with Crippen LogP contribution >= 0.6 is 0 Å². The third-order valence-electron chi connectivity index (χ3n) is 10.5. The molecular formula is C41H42BrN3O3. The summed E-state index contributed by atoms with van der Waals surface area (Å²) in [6.45, 7) is 6.00. The number of aryl methyl sites for hydroxylation is 1. The molecular weight excluding hydrogens is 662 g/mol. The summed E-state index contributed by atoms with van der Waals surface area (Å²) in [5.41, 5.74) is 9.18. The maximum Gasteiger partial charge on any atom is 0.254 e. The quantitative estimate of drug-likeness (QED) is 0.205. The Kier molecular flexibility index (Phi) is 8.82. The standard InChI is InChI=1S/C41H42N3O3.BrH/c1-27-43(35-14-7-8-15-36(35)44(27)25-28-17-18-29-11-5-6-12-30(29)21-28)20-10-19-42-26-32-22-31-23-38(46-3)39(47-4)24-34(31)40(32)33-13-9-16-37(45-2)41(33)42;/h5-9,11-18,21,23-24,32,40H,10,19-20,22,25-26H2,1-4H3;1H/q+1;/p-1/t32-,40-;/m0./s1. The molecule has 1 aromatic heterocycles. The van der Waals surface area contributed by atoms with E-state index in [0.717, 1.165) is 56.3 Å². The molecule has 0 bridgehead atoms. The molecule has 246 valence electrons. The highest BCUT2D eigenvalue weighted by Crippen LogP contribution is 2.53. The van der Waals surface area contributed by atoms with Gasteiger partial charge in [-0.1, -0.05) is 60.7 Å². The van der Waals surface area contributed by atoms with Gasteiger partial charge in [0, 0.05) is 32.4 Å². The van der Waals surface area contributed by atoms with Gasteiger partial charge in [-0.05, 0) is 81.8 Å². The van der Waals surface area contributed by atoms with E-state index in [0.29, 0.717) is 11.8 Å². The second-order valence-electron chi connectivity index (χ2n) is 13.0. The molecule has 0 fully saturated rings. The van der Waals surface area contributed by atoms with Gasteiger partial charge in [-0.2, -0.15) is 0 Å². The predicted octanol–water partition coefficient (Wildman–Crippen LogP) is 4.68. The molecule has 8 rings (SSSR count). The van der Waals surface area contributed by atoms with Gasteiger partial charge in [0.1, 0.15) is 12.3 Å². The number of methoxy groups -OCH3 is 3. The smallest absolute Gasteiger partial charge is 0.254 e. The fourth-order valence-corrected chi connectivity index (χ4v) is 8.36. The number of halogens is 1. The van der Waals surface area contributed by atoms with Crippen molar-refractivity contribution in [3.05, 3.63) is 125 Å². The Bertz CT molecular complexity index is 2120. The second-order valence-corrected chi connectivity index (χ2v) is 13.0. The van der Waals surface area contributed by atoms with E-state index in [9.17, 15) is 0 Å². The van der Waals surface area contributed by atoms with Crippen molar-refractivity contribution >= 4 is 27.5 Å². The van der Waals surface area contributed by atoms with Crippen molar-refractivity contribution < 1.29 is 35.8 Å². The van der Waals surface area contributed by atoms with Crippen LogP contribution in [0, 0.1) is 12.8 Å². The molecule has 6 aromatic rings. The molecule has 0 radical (unpaired) electrons. The van der Waals surface area contributed by atoms with Crippen molar-refractivity contribution in [2.24, 2.45) is 5.92 Å². The minimum Gasteiger partial charge on any atom is -1.00 e. The second kappa shape index (κ2) is 13.2.